The van der Waals surface area contributed by atoms with Crippen molar-refractivity contribution < 1.29 is 22.7 Å². The van der Waals surface area contributed by atoms with Crippen molar-refractivity contribution in [3.05, 3.63) is 28.8 Å². The van der Waals surface area contributed by atoms with E-state index >= 15 is 0 Å². The second kappa shape index (κ2) is 9.87. The van der Waals surface area contributed by atoms with E-state index in [0.717, 1.165) is 37.7 Å². The fourth-order valence-electron chi connectivity index (χ4n) is 5.02. The zero-order chi connectivity index (χ0) is 22.9. The highest BCUT2D eigenvalue weighted by atomic mass is 35.5. The molecule has 3 aliphatic heterocycles. The van der Waals surface area contributed by atoms with Crippen LogP contribution >= 0.6 is 11.6 Å². The number of halogens is 1. The van der Waals surface area contributed by atoms with Gasteiger partial charge in [-0.2, -0.15) is 0 Å². The Bertz CT molecular complexity index is 930. The quantitative estimate of drug-likeness (QED) is 0.710. The molecular formula is C23H33ClN2O5S. The van der Waals surface area contributed by atoms with Gasteiger partial charge in [-0.15, -0.1) is 0 Å². The summed E-state index contributed by atoms with van der Waals surface area (Å²) in [5, 5.41) is 0.129. The van der Waals surface area contributed by atoms with E-state index in [2.05, 4.69) is 4.72 Å². The molecular weight excluding hydrogens is 452 g/mol. The van der Waals surface area contributed by atoms with Crippen molar-refractivity contribution in [1.29, 1.82) is 0 Å². The Morgan fingerprint density at radius 1 is 1.16 bits per heavy atom. The molecule has 0 spiro atoms. The summed E-state index contributed by atoms with van der Waals surface area (Å²) in [6, 6.07) is 4.87. The normalized spacial score (nSPS) is 29.4. The minimum absolute atomic E-state index is 0.0923. The Kier molecular flexibility index (Phi) is 7.34. The molecule has 1 unspecified atom stereocenters. The Labute approximate surface area is 195 Å². The fraction of sp³-hybridized carbons (Fsp3) is 0.696. The van der Waals surface area contributed by atoms with Gasteiger partial charge in [-0.1, -0.05) is 11.6 Å². The number of ether oxygens (including phenoxy) is 2. The smallest absolute Gasteiger partial charge is 0.260 e. The van der Waals surface area contributed by atoms with Crippen molar-refractivity contribution >= 4 is 27.5 Å². The summed E-state index contributed by atoms with van der Waals surface area (Å²) in [6.07, 6.45) is 5.28. The van der Waals surface area contributed by atoms with Gasteiger partial charge in [0, 0.05) is 17.6 Å². The third-order valence-electron chi connectivity index (χ3n) is 6.98. The van der Waals surface area contributed by atoms with Crippen molar-refractivity contribution in [3.8, 4) is 5.75 Å². The van der Waals surface area contributed by atoms with Gasteiger partial charge in [0.25, 0.3) is 5.91 Å². The maximum atomic E-state index is 13.2. The number of benzene rings is 1. The molecule has 2 bridgehead atoms. The molecule has 1 aromatic rings. The van der Waals surface area contributed by atoms with Gasteiger partial charge in [0.05, 0.1) is 24.0 Å². The minimum Gasteiger partial charge on any atom is -0.483 e. The Balaban J connectivity index is 1.61. The van der Waals surface area contributed by atoms with Gasteiger partial charge < -0.3 is 14.4 Å². The van der Waals surface area contributed by atoms with Crippen molar-refractivity contribution in [2.24, 2.45) is 0 Å². The number of fused-ring (bicyclic) bond motifs is 5. The molecule has 1 aromatic carbocycles. The summed E-state index contributed by atoms with van der Waals surface area (Å²) in [5.74, 6) is 0.879. The second-order valence-corrected chi connectivity index (χ2v) is 12.1. The number of sulfonamides is 1. The number of carbonyl (C=O) groups is 1. The largest absolute Gasteiger partial charge is 0.483 e. The molecule has 0 radical (unpaired) electrons. The second-order valence-electron chi connectivity index (χ2n) is 9.39. The van der Waals surface area contributed by atoms with Crippen molar-refractivity contribution in [2.75, 3.05) is 19.8 Å². The summed E-state index contributed by atoms with van der Waals surface area (Å²) in [7, 11) is -3.46. The van der Waals surface area contributed by atoms with Gasteiger partial charge in [-0.25, -0.2) is 13.1 Å². The maximum absolute atomic E-state index is 13.2. The first-order valence-corrected chi connectivity index (χ1v) is 13.5. The highest BCUT2D eigenvalue weighted by Crippen LogP contribution is 2.40. The van der Waals surface area contributed by atoms with Crippen LogP contribution in [0, 0.1) is 0 Å². The summed E-state index contributed by atoms with van der Waals surface area (Å²) < 4.78 is 40.3. The number of nitrogens with one attached hydrogen (secondary N) is 1. The number of hydrogen-bond donors (Lipinski definition) is 1. The lowest BCUT2D eigenvalue weighted by atomic mass is 9.82. The number of carbonyl (C=O) groups excluding carboxylic acids is 1. The van der Waals surface area contributed by atoms with Crippen LogP contribution < -0.4 is 9.46 Å². The predicted octanol–water partition coefficient (Wildman–Crippen LogP) is 3.46. The molecule has 32 heavy (non-hydrogen) atoms. The van der Waals surface area contributed by atoms with Crippen molar-refractivity contribution in [2.45, 2.75) is 81.7 Å². The number of piperidine rings is 1. The molecule has 178 valence electrons. The molecule has 1 aliphatic carbocycles. The van der Waals surface area contributed by atoms with E-state index in [-0.39, 0.29) is 30.7 Å². The molecule has 1 saturated carbocycles. The van der Waals surface area contributed by atoms with Crippen LogP contribution in [0.2, 0.25) is 5.02 Å². The third-order valence-corrected chi connectivity index (χ3v) is 9.08. The predicted molar refractivity (Wildman–Crippen MR) is 124 cm³/mol. The molecule has 1 saturated heterocycles. The van der Waals surface area contributed by atoms with E-state index in [1.807, 2.05) is 12.1 Å². The number of amides is 1. The summed E-state index contributed by atoms with van der Waals surface area (Å²) in [6.45, 7) is 4.11. The van der Waals surface area contributed by atoms with Crippen molar-refractivity contribution in [1.82, 2.24) is 9.62 Å². The molecule has 0 aromatic heterocycles. The monoisotopic (exact) mass is 484 g/mol. The van der Waals surface area contributed by atoms with Gasteiger partial charge in [0.15, 0.2) is 6.61 Å². The van der Waals surface area contributed by atoms with Gasteiger partial charge in [-0.3, -0.25) is 4.79 Å². The average Bonchev–Trinajstić information content (AvgIpc) is 2.78. The van der Waals surface area contributed by atoms with Gasteiger partial charge >= 0.3 is 0 Å². The van der Waals surface area contributed by atoms with E-state index in [1.54, 1.807) is 24.8 Å². The molecule has 4 aliphatic rings. The summed E-state index contributed by atoms with van der Waals surface area (Å²) in [5.41, 5.74) is 1.06. The minimum atomic E-state index is -3.46. The van der Waals surface area contributed by atoms with E-state index in [9.17, 15) is 13.2 Å². The van der Waals surface area contributed by atoms with Crippen LogP contribution in [0.15, 0.2) is 18.2 Å². The van der Waals surface area contributed by atoms with Crippen LogP contribution in [0.5, 0.6) is 5.75 Å². The third kappa shape index (κ3) is 5.24. The van der Waals surface area contributed by atoms with Crippen LogP contribution in [0.4, 0.5) is 0 Å². The Morgan fingerprint density at radius 3 is 2.62 bits per heavy atom. The molecule has 3 heterocycles. The highest BCUT2D eigenvalue weighted by Gasteiger charge is 2.38. The molecule has 2 atom stereocenters. The summed E-state index contributed by atoms with van der Waals surface area (Å²) in [4.78, 5) is 14.9. The van der Waals surface area contributed by atoms with E-state index in [1.165, 1.54) is 0 Å². The highest BCUT2D eigenvalue weighted by molar-refractivity contribution is 7.90. The first-order valence-electron chi connectivity index (χ1n) is 11.6. The maximum Gasteiger partial charge on any atom is 0.260 e. The topological polar surface area (TPSA) is 84.9 Å². The van der Waals surface area contributed by atoms with E-state index in [0.29, 0.717) is 36.3 Å². The molecule has 2 fully saturated rings. The standard InChI is InChI=1S/C23H33ClN2O5S/c1-15(2)32(28,29)25-20-4-3-11-26-21(20)13-30-18-8-5-16(6-9-18)19-12-17(24)7-10-22(19)31-14-23(26)27/h7,10,12,15-16,18,20-21,25H,3-6,8-9,11,13-14H2,1-2H3/t16-,18+,20?,21-/m0/s1. The van der Waals surface area contributed by atoms with E-state index < -0.39 is 15.3 Å². The van der Waals surface area contributed by atoms with Crippen molar-refractivity contribution in [3.63, 3.8) is 0 Å². The SMILES string of the molecule is CC(C)S(=O)(=O)NC1CCCN2C(=O)COc3ccc(Cl)cc3[C@H]3CC[C@H](CC3)OC[C@@H]12. The zero-order valence-electron chi connectivity index (χ0n) is 18.8. The Morgan fingerprint density at radius 2 is 1.91 bits per heavy atom. The van der Waals surface area contributed by atoms with Gasteiger partial charge in [-0.05, 0) is 82.1 Å². The number of hydrogen-bond acceptors (Lipinski definition) is 5. The van der Waals surface area contributed by atoms with E-state index in [4.69, 9.17) is 21.1 Å². The lowest BCUT2D eigenvalue weighted by Crippen LogP contribution is -2.60. The molecule has 5 rings (SSSR count). The van der Waals surface area contributed by atoms with Gasteiger partial charge in [0.1, 0.15) is 5.75 Å². The first-order chi connectivity index (χ1) is 15.2. The zero-order valence-corrected chi connectivity index (χ0v) is 20.3. The number of nitrogens with zero attached hydrogens (tertiary/aromatic N) is 1. The van der Waals surface area contributed by atoms with Crippen LogP contribution in [-0.2, 0) is 19.6 Å². The fourth-order valence-corrected chi connectivity index (χ4v) is 6.17. The lowest BCUT2D eigenvalue weighted by Gasteiger charge is -2.42. The van der Waals surface area contributed by atoms with Crippen LogP contribution in [0.25, 0.3) is 0 Å². The Hall–Kier alpha value is -1.35. The first kappa shape index (κ1) is 23.8. The molecule has 7 nitrogen and oxygen atoms in total. The number of rotatable bonds is 3. The van der Waals surface area contributed by atoms with Gasteiger partial charge in [0.2, 0.25) is 10.0 Å². The van der Waals surface area contributed by atoms with Crippen LogP contribution in [-0.4, -0.2) is 62.4 Å². The molecule has 1 amide bonds. The van der Waals surface area contributed by atoms with Crippen LogP contribution in [0.1, 0.15) is 63.9 Å². The molecule has 9 heteroatoms. The lowest BCUT2D eigenvalue weighted by molar-refractivity contribution is -0.140. The molecule has 1 N–H and O–H groups in total. The average molecular weight is 485 g/mol. The summed E-state index contributed by atoms with van der Waals surface area (Å²) >= 11 is 6.26. The van der Waals surface area contributed by atoms with Crippen LogP contribution in [0.3, 0.4) is 0 Å².